The summed E-state index contributed by atoms with van der Waals surface area (Å²) in [5.74, 6) is 0. The Bertz CT molecular complexity index is 203. The van der Waals surface area contributed by atoms with Crippen molar-refractivity contribution in [2.75, 3.05) is 0 Å². The predicted molar refractivity (Wildman–Crippen MR) is 54.6 cm³/mol. The lowest BCUT2D eigenvalue weighted by Gasteiger charge is -2.08. The van der Waals surface area contributed by atoms with Gasteiger partial charge < -0.3 is 0 Å². The lowest BCUT2D eigenvalue weighted by atomic mass is 10.1. The van der Waals surface area contributed by atoms with Crippen molar-refractivity contribution >= 4 is 9.39 Å². The molecule has 0 aliphatic rings. The molecule has 0 saturated carbocycles. The second kappa shape index (κ2) is 4.48. The second-order valence-electron chi connectivity index (χ2n) is 2.76. The maximum absolute atomic E-state index is 3.13. The molecule has 2 atom stereocenters. The van der Waals surface area contributed by atoms with E-state index in [1.54, 1.807) is 0 Å². The average Bonchev–Trinajstić information content (AvgIpc) is 2.06. The molecule has 62 valence electrons. The number of benzene rings is 1. The zero-order valence-corrected chi connectivity index (χ0v) is 7.90. The first-order valence-corrected chi connectivity index (χ1v) is 4.40. The standard InChI is InChI=1S/C9H14NP.H2/c1-8(10-11)7-9-5-3-2-4-6-9;/h2-6,8,10H,7,11H2,1H3;1H/t8-;/m0./s1. The van der Waals surface area contributed by atoms with Gasteiger partial charge in [-0.15, -0.1) is 0 Å². The Morgan fingerprint density at radius 2 is 2.09 bits per heavy atom. The van der Waals surface area contributed by atoms with Gasteiger partial charge in [-0.1, -0.05) is 39.7 Å². The van der Waals surface area contributed by atoms with Crippen LogP contribution in [0.1, 0.15) is 13.9 Å². The smallest absolute Gasteiger partial charge is 0.0111 e. The van der Waals surface area contributed by atoms with Crippen LogP contribution in [-0.2, 0) is 6.42 Å². The number of rotatable bonds is 3. The first-order valence-electron chi connectivity index (χ1n) is 3.83. The van der Waals surface area contributed by atoms with Gasteiger partial charge >= 0.3 is 0 Å². The van der Waals surface area contributed by atoms with Crippen molar-refractivity contribution < 1.29 is 1.43 Å². The Labute approximate surface area is 71.9 Å². The quantitative estimate of drug-likeness (QED) is 0.684. The fourth-order valence-electron chi connectivity index (χ4n) is 1.03. The molecule has 1 unspecified atom stereocenters. The minimum absolute atomic E-state index is 0. The van der Waals surface area contributed by atoms with Gasteiger partial charge in [-0.3, -0.25) is 5.09 Å². The van der Waals surface area contributed by atoms with E-state index >= 15 is 0 Å². The summed E-state index contributed by atoms with van der Waals surface area (Å²) in [5, 5.41) is 3.13. The molecule has 1 aromatic carbocycles. The van der Waals surface area contributed by atoms with Gasteiger partial charge in [0.1, 0.15) is 0 Å². The van der Waals surface area contributed by atoms with Crippen LogP contribution in [0.3, 0.4) is 0 Å². The highest BCUT2D eigenvalue weighted by atomic mass is 31.0. The summed E-state index contributed by atoms with van der Waals surface area (Å²) < 4.78 is 0. The SMILES string of the molecule is C[C@@H](Cc1ccccc1)NP.[HH]. The lowest BCUT2D eigenvalue weighted by Crippen LogP contribution is -2.18. The van der Waals surface area contributed by atoms with Crippen LogP contribution in [0, 0.1) is 0 Å². The lowest BCUT2D eigenvalue weighted by molar-refractivity contribution is 0.689. The number of nitrogens with one attached hydrogen (secondary N) is 1. The maximum atomic E-state index is 3.13. The van der Waals surface area contributed by atoms with E-state index < -0.39 is 0 Å². The van der Waals surface area contributed by atoms with Crippen molar-refractivity contribution in [1.29, 1.82) is 0 Å². The molecule has 11 heavy (non-hydrogen) atoms. The summed E-state index contributed by atoms with van der Waals surface area (Å²) in [6.45, 7) is 2.17. The molecule has 1 aromatic rings. The summed E-state index contributed by atoms with van der Waals surface area (Å²) in [4.78, 5) is 0. The Balaban J connectivity index is 0.00000121. The molecule has 2 heteroatoms. The van der Waals surface area contributed by atoms with Crippen molar-refractivity contribution in [3.63, 3.8) is 0 Å². The minimum atomic E-state index is 0. The van der Waals surface area contributed by atoms with E-state index in [-0.39, 0.29) is 1.43 Å². The van der Waals surface area contributed by atoms with E-state index in [0.717, 1.165) is 6.42 Å². The van der Waals surface area contributed by atoms with Crippen LogP contribution in [-0.4, -0.2) is 6.04 Å². The third kappa shape index (κ3) is 3.00. The van der Waals surface area contributed by atoms with E-state index in [2.05, 4.69) is 45.7 Å². The van der Waals surface area contributed by atoms with E-state index in [0.29, 0.717) is 6.04 Å². The molecule has 0 fully saturated rings. The average molecular weight is 169 g/mol. The van der Waals surface area contributed by atoms with Gasteiger partial charge in [0.15, 0.2) is 0 Å². The van der Waals surface area contributed by atoms with Gasteiger partial charge in [-0.2, -0.15) is 0 Å². The summed E-state index contributed by atoms with van der Waals surface area (Å²) in [7, 11) is 2.54. The fourth-order valence-corrected chi connectivity index (χ4v) is 1.14. The van der Waals surface area contributed by atoms with Gasteiger partial charge in [0.2, 0.25) is 0 Å². The summed E-state index contributed by atoms with van der Waals surface area (Å²) in [5.41, 5.74) is 1.38. The van der Waals surface area contributed by atoms with Crippen molar-refractivity contribution in [1.82, 2.24) is 5.09 Å². The number of hydrogen-bond donors (Lipinski definition) is 1. The summed E-state index contributed by atoms with van der Waals surface area (Å²) in [6.07, 6.45) is 1.09. The van der Waals surface area contributed by atoms with E-state index in [9.17, 15) is 0 Å². The van der Waals surface area contributed by atoms with Crippen LogP contribution < -0.4 is 5.09 Å². The monoisotopic (exact) mass is 169 g/mol. The van der Waals surface area contributed by atoms with Crippen LogP contribution in [0.2, 0.25) is 0 Å². The first-order chi connectivity index (χ1) is 5.33. The molecule has 1 rings (SSSR count). The Morgan fingerprint density at radius 3 is 2.64 bits per heavy atom. The van der Waals surface area contributed by atoms with Crippen molar-refractivity contribution in [2.24, 2.45) is 0 Å². The van der Waals surface area contributed by atoms with E-state index in [4.69, 9.17) is 0 Å². The molecule has 1 N–H and O–H groups in total. The van der Waals surface area contributed by atoms with E-state index in [1.165, 1.54) is 5.56 Å². The predicted octanol–water partition coefficient (Wildman–Crippen LogP) is 2.24. The first kappa shape index (κ1) is 8.70. The summed E-state index contributed by atoms with van der Waals surface area (Å²) in [6, 6.07) is 11.0. The number of hydrogen-bond acceptors (Lipinski definition) is 1. The normalized spacial score (nSPS) is 12.9. The van der Waals surface area contributed by atoms with Crippen LogP contribution >= 0.6 is 9.39 Å². The molecule has 0 saturated heterocycles. The molecule has 0 aliphatic heterocycles. The highest BCUT2D eigenvalue weighted by Crippen LogP contribution is 2.02. The molecule has 0 bridgehead atoms. The third-order valence-electron chi connectivity index (χ3n) is 1.67. The zero-order chi connectivity index (χ0) is 8.10. The molecule has 0 spiro atoms. The highest BCUT2D eigenvalue weighted by Gasteiger charge is 1.97. The molecule has 0 amide bonds. The van der Waals surface area contributed by atoms with Gasteiger partial charge in [0.25, 0.3) is 0 Å². The molecule has 0 radical (unpaired) electrons. The summed E-state index contributed by atoms with van der Waals surface area (Å²) >= 11 is 0. The topological polar surface area (TPSA) is 12.0 Å². The maximum Gasteiger partial charge on any atom is 0.0111 e. The van der Waals surface area contributed by atoms with Crippen LogP contribution in [0.25, 0.3) is 0 Å². The zero-order valence-electron chi connectivity index (χ0n) is 6.75. The largest absolute Gasteiger partial charge is 0.298 e. The molecule has 0 aliphatic carbocycles. The minimum Gasteiger partial charge on any atom is -0.298 e. The fraction of sp³-hybridized carbons (Fsp3) is 0.333. The van der Waals surface area contributed by atoms with Crippen molar-refractivity contribution in [3.8, 4) is 0 Å². The van der Waals surface area contributed by atoms with Gasteiger partial charge in [0, 0.05) is 7.47 Å². The molecular formula is C9H16NP. The Kier molecular flexibility index (Phi) is 3.55. The van der Waals surface area contributed by atoms with Gasteiger partial charge in [-0.25, -0.2) is 0 Å². The van der Waals surface area contributed by atoms with Crippen LogP contribution in [0.15, 0.2) is 30.3 Å². The highest BCUT2D eigenvalue weighted by molar-refractivity contribution is 7.13. The Hall–Kier alpha value is -0.390. The Morgan fingerprint density at radius 1 is 1.45 bits per heavy atom. The van der Waals surface area contributed by atoms with E-state index in [1.807, 2.05) is 6.07 Å². The van der Waals surface area contributed by atoms with Gasteiger partial charge in [-0.05, 0) is 18.9 Å². The second-order valence-corrected chi connectivity index (χ2v) is 3.09. The third-order valence-corrected chi connectivity index (χ3v) is 2.24. The van der Waals surface area contributed by atoms with Crippen molar-refractivity contribution in [3.05, 3.63) is 35.9 Å². The molecular weight excluding hydrogens is 153 g/mol. The molecule has 0 heterocycles. The molecule has 1 nitrogen and oxygen atoms in total. The molecule has 0 aromatic heterocycles. The van der Waals surface area contributed by atoms with Crippen LogP contribution in [0.4, 0.5) is 0 Å². The van der Waals surface area contributed by atoms with Gasteiger partial charge in [0.05, 0.1) is 0 Å². The van der Waals surface area contributed by atoms with Crippen molar-refractivity contribution in [2.45, 2.75) is 19.4 Å². The van der Waals surface area contributed by atoms with Crippen LogP contribution in [0.5, 0.6) is 0 Å².